The minimum absolute atomic E-state index is 0.479. The summed E-state index contributed by atoms with van der Waals surface area (Å²) in [6, 6.07) is 8.09. The number of urea groups is 1. The Labute approximate surface area is 103 Å². The summed E-state index contributed by atoms with van der Waals surface area (Å²) in [6.45, 7) is 6.44. The number of benzene rings is 1. The van der Waals surface area contributed by atoms with E-state index in [9.17, 15) is 4.79 Å². The lowest BCUT2D eigenvalue weighted by Gasteiger charge is -2.08. The average Bonchev–Trinajstić information content (AvgIpc) is 2.29. The van der Waals surface area contributed by atoms with Gasteiger partial charge in [-0.05, 0) is 17.0 Å². The molecule has 0 radical (unpaired) electrons. The molecule has 1 rings (SSSR count). The van der Waals surface area contributed by atoms with Crippen molar-refractivity contribution in [3.63, 3.8) is 0 Å². The van der Waals surface area contributed by atoms with Crippen molar-refractivity contribution >= 4 is 6.03 Å². The Hall–Kier alpha value is -1.55. The number of nitrogens with two attached hydrogens (primary N) is 1. The lowest BCUT2D eigenvalue weighted by molar-refractivity contribution is 0.249. The highest BCUT2D eigenvalue weighted by Gasteiger charge is 1.98. The minimum atomic E-state index is -0.479. The Morgan fingerprint density at radius 1 is 1.24 bits per heavy atom. The number of carbonyl (C=O) groups excluding carboxylic acids is 1. The van der Waals surface area contributed by atoms with Crippen LogP contribution in [0.25, 0.3) is 0 Å². The van der Waals surface area contributed by atoms with Crippen LogP contribution in [0.3, 0.4) is 0 Å². The molecule has 0 unspecified atom stereocenters. The molecular weight excluding hydrogens is 214 g/mol. The van der Waals surface area contributed by atoms with Gasteiger partial charge in [-0.3, -0.25) is 0 Å². The van der Waals surface area contributed by atoms with Gasteiger partial charge in [0.25, 0.3) is 0 Å². The summed E-state index contributed by atoms with van der Waals surface area (Å²) < 4.78 is 0. The molecule has 0 bridgehead atoms. The van der Waals surface area contributed by atoms with Crippen molar-refractivity contribution in [3.8, 4) is 0 Å². The zero-order valence-corrected chi connectivity index (χ0v) is 10.5. The topological polar surface area (TPSA) is 67.2 Å². The normalized spacial score (nSPS) is 10.5. The van der Waals surface area contributed by atoms with Crippen molar-refractivity contribution in [2.45, 2.75) is 26.3 Å². The second kappa shape index (κ2) is 6.91. The van der Waals surface area contributed by atoms with Gasteiger partial charge in [-0.15, -0.1) is 0 Å². The summed E-state index contributed by atoms with van der Waals surface area (Å²) in [6.07, 6.45) is 0. The van der Waals surface area contributed by atoms with Crippen LogP contribution in [0.1, 0.15) is 30.9 Å². The Morgan fingerprint density at radius 3 is 2.41 bits per heavy atom. The maximum absolute atomic E-state index is 10.4. The van der Waals surface area contributed by atoms with E-state index in [0.29, 0.717) is 12.5 Å². The molecule has 0 aliphatic rings. The highest BCUT2D eigenvalue weighted by molar-refractivity contribution is 5.71. The maximum Gasteiger partial charge on any atom is 0.312 e. The first kappa shape index (κ1) is 13.5. The summed E-state index contributed by atoms with van der Waals surface area (Å²) in [4.78, 5) is 10.4. The fraction of sp³-hybridized carbons (Fsp3) is 0.462. The number of carbonyl (C=O) groups is 1. The van der Waals surface area contributed by atoms with Gasteiger partial charge >= 0.3 is 6.03 Å². The fourth-order valence-corrected chi connectivity index (χ4v) is 1.53. The summed E-state index contributed by atoms with van der Waals surface area (Å²) in [5.74, 6) is 0.566. The second-order valence-corrected chi connectivity index (χ2v) is 4.36. The first-order chi connectivity index (χ1) is 8.09. The zero-order chi connectivity index (χ0) is 12.7. The average molecular weight is 235 g/mol. The van der Waals surface area contributed by atoms with Gasteiger partial charge in [-0.1, -0.05) is 38.1 Å². The van der Waals surface area contributed by atoms with E-state index in [2.05, 4.69) is 48.7 Å². The molecular formula is C13H21N3O. The Morgan fingerprint density at radius 2 is 1.88 bits per heavy atom. The molecule has 4 nitrogen and oxygen atoms in total. The predicted octanol–water partition coefficient (Wildman–Crippen LogP) is 1.57. The monoisotopic (exact) mass is 235 g/mol. The van der Waals surface area contributed by atoms with Crippen LogP contribution in [-0.4, -0.2) is 19.1 Å². The molecule has 0 aliphatic carbocycles. The molecule has 1 aromatic carbocycles. The third kappa shape index (κ3) is 5.36. The van der Waals surface area contributed by atoms with Crippen molar-refractivity contribution in [1.82, 2.24) is 10.6 Å². The molecule has 0 heterocycles. The third-order valence-electron chi connectivity index (χ3n) is 2.58. The van der Waals surface area contributed by atoms with Crippen molar-refractivity contribution in [1.29, 1.82) is 0 Å². The van der Waals surface area contributed by atoms with Crippen LogP contribution >= 0.6 is 0 Å². The molecule has 0 aliphatic heterocycles. The van der Waals surface area contributed by atoms with E-state index >= 15 is 0 Å². The van der Waals surface area contributed by atoms with E-state index in [1.807, 2.05) is 0 Å². The lowest BCUT2D eigenvalue weighted by atomic mass is 10.0. The van der Waals surface area contributed by atoms with E-state index in [0.717, 1.165) is 13.1 Å². The van der Waals surface area contributed by atoms with Gasteiger partial charge < -0.3 is 16.4 Å². The molecule has 0 fully saturated rings. The van der Waals surface area contributed by atoms with Crippen molar-refractivity contribution in [2.75, 3.05) is 13.1 Å². The molecule has 2 amide bonds. The van der Waals surface area contributed by atoms with E-state index < -0.39 is 6.03 Å². The Bertz CT molecular complexity index is 346. The van der Waals surface area contributed by atoms with E-state index in [1.165, 1.54) is 11.1 Å². The van der Waals surface area contributed by atoms with Crippen molar-refractivity contribution < 1.29 is 4.79 Å². The lowest BCUT2D eigenvalue weighted by Crippen LogP contribution is -2.35. The molecule has 0 aromatic heterocycles. The van der Waals surface area contributed by atoms with Gasteiger partial charge in [-0.25, -0.2) is 4.79 Å². The number of amides is 2. The molecule has 0 atom stereocenters. The van der Waals surface area contributed by atoms with Gasteiger partial charge in [0.05, 0.1) is 0 Å². The fourth-order valence-electron chi connectivity index (χ4n) is 1.53. The summed E-state index contributed by atoms with van der Waals surface area (Å²) >= 11 is 0. The minimum Gasteiger partial charge on any atom is -0.352 e. The quantitative estimate of drug-likeness (QED) is 0.655. The van der Waals surface area contributed by atoms with Gasteiger partial charge in [0.2, 0.25) is 0 Å². The van der Waals surface area contributed by atoms with Crippen LogP contribution in [0.5, 0.6) is 0 Å². The molecule has 17 heavy (non-hydrogen) atoms. The number of hydrogen-bond donors (Lipinski definition) is 3. The van der Waals surface area contributed by atoms with Gasteiger partial charge in [0.15, 0.2) is 0 Å². The highest BCUT2D eigenvalue weighted by Crippen LogP contribution is 2.14. The van der Waals surface area contributed by atoms with E-state index in [1.54, 1.807) is 0 Å². The molecule has 4 N–H and O–H groups in total. The SMILES string of the molecule is CC(C)c1ccc(CNCCNC(N)=O)cc1. The Kier molecular flexibility index (Phi) is 5.49. The van der Waals surface area contributed by atoms with E-state index in [-0.39, 0.29) is 0 Å². The maximum atomic E-state index is 10.4. The number of primary amides is 1. The second-order valence-electron chi connectivity index (χ2n) is 4.36. The van der Waals surface area contributed by atoms with E-state index in [4.69, 9.17) is 5.73 Å². The molecule has 1 aromatic rings. The van der Waals surface area contributed by atoms with Crippen LogP contribution in [-0.2, 0) is 6.54 Å². The smallest absolute Gasteiger partial charge is 0.312 e. The van der Waals surface area contributed by atoms with Crippen LogP contribution in [0, 0.1) is 0 Å². The first-order valence-electron chi connectivity index (χ1n) is 5.92. The van der Waals surface area contributed by atoms with Crippen molar-refractivity contribution in [3.05, 3.63) is 35.4 Å². The summed E-state index contributed by atoms with van der Waals surface area (Å²) in [5.41, 5.74) is 7.55. The van der Waals surface area contributed by atoms with Crippen LogP contribution in [0.4, 0.5) is 4.79 Å². The Balaban J connectivity index is 2.25. The number of hydrogen-bond acceptors (Lipinski definition) is 2. The van der Waals surface area contributed by atoms with Gasteiger partial charge in [0.1, 0.15) is 0 Å². The van der Waals surface area contributed by atoms with Gasteiger partial charge in [-0.2, -0.15) is 0 Å². The highest BCUT2D eigenvalue weighted by atomic mass is 16.2. The molecule has 0 spiro atoms. The molecule has 0 saturated carbocycles. The first-order valence-corrected chi connectivity index (χ1v) is 5.92. The standard InChI is InChI=1S/C13H21N3O/c1-10(2)12-5-3-11(4-6-12)9-15-7-8-16-13(14)17/h3-6,10,15H,7-9H2,1-2H3,(H3,14,16,17). The number of nitrogens with one attached hydrogen (secondary N) is 2. The zero-order valence-electron chi connectivity index (χ0n) is 10.5. The molecule has 94 valence electrons. The van der Waals surface area contributed by atoms with Crippen LogP contribution in [0.2, 0.25) is 0 Å². The summed E-state index contributed by atoms with van der Waals surface area (Å²) in [7, 11) is 0. The van der Waals surface area contributed by atoms with Crippen LogP contribution in [0.15, 0.2) is 24.3 Å². The number of rotatable bonds is 6. The molecule has 0 saturated heterocycles. The largest absolute Gasteiger partial charge is 0.352 e. The van der Waals surface area contributed by atoms with Gasteiger partial charge in [0, 0.05) is 19.6 Å². The molecule has 4 heteroatoms. The summed E-state index contributed by atoms with van der Waals surface area (Å²) in [5, 5.41) is 5.77. The third-order valence-corrected chi connectivity index (χ3v) is 2.58. The predicted molar refractivity (Wildman–Crippen MR) is 69.8 cm³/mol. The van der Waals surface area contributed by atoms with Crippen LogP contribution < -0.4 is 16.4 Å². The van der Waals surface area contributed by atoms with Crippen molar-refractivity contribution in [2.24, 2.45) is 5.73 Å².